The van der Waals surface area contributed by atoms with Gasteiger partial charge in [0.05, 0.1) is 11.9 Å². The Morgan fingerprint density at radius 3 is 2.35 bits per heavy atom. The summed E-state index contributed by atoms with van der Waals surface area (Å²) in [5.74, 6) is 0.756. The minimum absolute atomic E-state index is 0.0405. The monoisotopic (exact) mass is 309 g/mol. The molecule has 0 radical (unpaired) electrons. The van der Waals surface area contributed by atoms with E-state index in [1.54, 1.807) is 12.3 Å². The van der Waals surface area contributed by atoms with Gasteiger partial charge in [0.1, 0.15) is 5.69 Å². The van der Waals surface area contributed by atoms with Crippen LogP contribution in [-0.4, -0.2) is 28.9 Å². The van der Waals surface area contributed by atoms with Gasteiger partial charge in [0.15, 0.2) is 0 Å². The van der Waals surface area contributed by atoms with E-state index in [0.717, 1.165) is 37.3 Å². The second kappa shape index (κ2) is 6.82. The van der Waals surface area contributed by atoms with Crippen molar-refractivity contribution in [1.29, 1.82) is 0 Å². The number of hydrogen-bond acceptors (Lipinski definition) is 3. The van der Waals surface area contributed by atoms with Crippen LogP contribution in [0, 0.1) is 12.8 Å². The number of piperidine rings is 1. The number of aromatic nitrogens is 1. The standard InChI is InChI=1S/C19H23N3O/c1-14-3-5-16(6-4-14)21-17-7-8-18(20-13-17)19(23)22-11-9-15(2)10-12-22/h3-8,13,15,21H,9-12H2,1-2H3. The summed E-state index contributed by atoms with van der Waals surface area (Å²) in [7, 11) is 0. The highest BCUT2D eigenvalue weighted by molar-refractivity contribution is 5.92. The molecule has 1 amide bonds. The third-order valence-corrected chi connectivity index (χ3v) is 4.39. The fraction of sp³-hybridized carbons (Fsp3) is 0.368. The number of nitrogens with one attached hydrogen (secondary N) is 1. The van der Waals surface area contributed by atoms with Gasteiger partial charge in [-0.3, -0.25) is 4.79 Å². The lowest BCUT2D eigenvalue weighted by molar-refractivity contribution is 0.0691. The number of benzene rings is 1. The van der Waals surface area contributed by atoms with Crippen LogP contribution in [0.3, 0.4) is 0 Å². The lowest BCUT2D eigenvalue weighted by atomic mass is 9.99. The van der Waals surface area contributed by atoms with Crippen LogP contribution in [0.5, 0.6) is 0 Å². The van der Waals surface area contributed by atoms with Gasteiger partial charge in [-0.05, 0) is 49.9 Å². The Morgan fingerprint density at radius 1 is 1.09 bits per heavy atom. The van der Waals surface area contributed by atoms with Crippen molar-refractivity contribution in [3.05, 3.63) is 53.9 Å². The number of amides is 1. The third kappa shape index (κ3) is 3.89. The molecule has 4 heteroatoms. The summed E-state index contributed by atoms with van der Waals surface area (Å²) in [6, 6.07) is 11.9. The lowest BCUT2D eigenvalue weighted by Gasteiger charge is -2.30. The molecule has 0 aliphatic carbocycles. The van der Waals surface area contributed by atoms with E-state index in [1.165, 1.54) is 5.56 Å². The van der Waals surface area contributed by atoms with E-state index in [1.807, 2.05) is 23.1 Å². The van der Waals surface area contributed by atoms with Crippen molar-refractivity contribution in [2.24, 2.45) is 5.92 Å². The van der Waals surface area contributed by atoms with Gasteiger partial charge in [-0.25, -0.2) is 4.98 Å². The first kappa shape index (κ1) is 15.5. The molecule has 120 valence electrons. The van der Waals surface area contributed by atoms with Gasteiger partial charge in [0.25, 0.3) is 5.91 Å². The molecule has 0 bridgehead atoms. The van der Waals surface area contributed by atoms with Gasteiger partial charge < -0.3 is 10.2 Å². The average Bonchev–Trinajstić information content (AvgIpc) is 2.58. The molecule has 1 aromatic carbocycles. The summed E-state index contributed by atoms with van der Waals surface area (Å²) in [6.07, 6.45) is 3.89. The fourth-order valence-electron chi connectivity index (χ4n) is 2.77. The van der Waals surface area contributed by atoms with Crippen LogP contribution in [0.4, 0.5) is 11.4 Å². The number of nitrogens with zero attached hydrogens (tertiary/aromatic N) is 2. The van der Waals surface area contributed by atoms with Crippen LogP contribution in [0.2, 0.25) is 0 Å². The molecule has 2 aromatic rings. The number of aryl methyl sites for hydroxylation is 1. The number of hydrogen-bond donors (Lipinski definition) is 1. The van der Waals surface area contributed by atoms with Crippen molar-refractivity contribution in [3.8, 4) is 0 Å². The van der Waals surface area contributed by atoms with Crippen molar-refractivity contribution in [2.75, 3.05) is 18.4 Å². The smallest absolute Gasteiger partial charge is 0.272 e. The maximum atomic E-state index is 12.5. The number of rotatable bonds is 3. The van der Waals surface area contributed by atoms with Crippen molar-refractivity contribution in [3.63, 3.8) is 0 Å². The van der Waals surface area contributed by atoms with E-state index in [0.29, 0.717) is 11.6 Å². The fourth-order valence-corrected chi connectivity index (χ4v) is 2.77. The van der Waals surface area contributed by atoms with E-state index >= 15 is 0 Å². The van der Waals surface area contributed by atoms with E-state index in [-0.39, 0.29) is 5.91 Å². The molecule has 1 aromatic heterocycles. The predicted octanol–water partition coefficient (Wildman–Crippen LogP) is 4.01. The van der Waals surface area contributed by atoms with Crippen LogP contribution < -0.4 is 5.32 Å². The maximum absolute atomic E-state index is 12.5. The second-order valence-electron chi connectivity index (χ2n) is 6.40. The molecule has 0 unspecified atom stereocenters. The highest BCUT2D eigenvalue weighted by atomic mass is 16.2. The highest BCUT2D eigenvalue weighted by Gasteiger charge is 2.22. The first-order valence-corrected chi connectivity index (χ1v) is 8.21. The number of carbonyl (C=O) groups excluding carboxylic acids is 1. The van der Waals surface area contributed by atoms with E-state index in [4.69, 9.17) is 0 Å². The molecule has 1 fully saturated rings. The minimum atomic E-state index is 0.0405. The van der Waals surface area contributed by atoms with Crippen LogP contribution in [0.25, 0.3) is 0 Å². The van der Waals surface area contributed by atoms with Gasteiger partial charge >= 0.3 is 0 Å². The Labute approximate surface area is 137 Å². The average molecular weight is 309 g/mol. The molecule has 4 nitrogen and oxygen atoms in total. The minimum Gasteiger partial charge on any atom is -0.354 e. The van der Waals surface area contributed by atoms with Crippen LogP contribution in [0.1, 0.15) is 35.8 Å². The summed E-state index contributed by atoms with van der Waals surface area (Å²) in [6.45, 7) is 5.98. The maximum Gasteiger partial charge on any atom is 0.272 e. The second-order valence-corrected chi connectivity index (χ2v) is 6.40. The van der Waals surface area contributed by atoms with Crippen molar-refractivity contribution in [2.45, 2.75) is 26.7 Å². The van der Waals surface area contributed by atoms with E-state index in [9.17, 15) is 4.79 Å². The molecular formula is C19H23N3O. The molecule has 0 atom stereocenters. The first-order chi connectivity index (χ1) is 11.1. The Bertz CT molecular complexity index is 656. The zero-order chi connectivity index (χ0) is 16.2. The predicted molar refractivity (Wildman–Crippen MR) is 93.0 cm³/mol. The Morgan fingerprint density at radius 2 is 1.74 bits per heavy atom. The Balaban J connectivity index is 1.64. The zero-order valence-electron chi connectivity index (χ0n) is 13.7. The Kier molecular flexibility index (Phi) is 4.60. The quantitative estimate of drug-likeness (QED) is 0.932. The van der Waals surface area contributed by atoms with Gasteiger partial charge in [-0.15, -0.1) is 0 Å². The van der Waals surface area contributed by atoms with Crippen molar-refractivity contribution < 1.29 is 4.79 Å². The number of carbonyl (C=O) groups is 1. The number of pyridine rings is 1. The van der Waals surface area contributed by atoms with Gasteiger partial charge in [0.2, 0.25) is 0 Å². The summed E-state index contributed by atoms with van der Waals surface area (Å²) < 4.78 is 0. The summed E-state index contributed by atoms with van der Waals surface area (Å²) in [5, 5.41) is 3.30. The number of anilines is 2. The third-order valence-electron chi connectivity index (χ3n) is 4.39. The molecule has 1 N–H and O–H groups in total. The molecule has 0 saturated carbocycles. The lowest BCUT2D eigenvalue weighted by Crippen LogP contribution is -2.38. The van der Waals surface area contributed by atoms with Crippen LogP contribution >= 0.6 is 0 Å². The summed E-state index contributed by atoms with van der Waals surface area (Å²) in [5.41, 5.74) is 3.65. The molecule has 23 heavy (non-hydrogen) atoms. The molecule has 1 aliphatic heterocycles. The Hall–Kier alpha value is -2.36. The zero-order valence-corrected chi connectivity index (χ0v) is 13.7. The normalized spacial score (nSPS) is 15.5. The van der Waals surface area contributed by atoms with Gasteiger partial charge in [-0.1, -0.05) is 24.6 Å². The summed E-state index contributed by atoms with van der Waals surface area (Å²) >= 11 is 0. The molecule has 2 heterocycles. The summed E-state index contributed by atoms with van der Waals surface area (Å²) in [4.78, 5) is 18.7. The van der Waals surface area contributed by atoms with Crippen molar-refractivity contribution in [1.82, 2.24) is 9.88 Å². The molecule has 1 saturated heterocycles. The molecular weight excluding hydrogens is 286 g/mol. The van der Waals surface area contributed by atoms with Gasteiger partial charge in [-0.2, -0.15) is 0 Å². The topological polar surface area (TPSA) is 45.2 Å². The molecule has 3 rings (SSSR count). The SMILES string of the molecule is Cc1ccc(Nc2ccc(C(=O)N3CCC(C)CC3)nc2)cc1. The highest BCUT2D eigenvalue weighted by Crippen LogP contribution is 2.19. The molecule has 0 spiro atoms. The number of likely N-dealkylation sites (tertiary alicyclic amines) is 1. The van der Waals surface area contributed by atoms with Gasteiger partial charge in [0, 0.05) is 18.8 Å². The van der Waals surface area contributed by atoms with Crippen LogP contribution in [0.15, 0.2) is 42.6 Å². The van der Waals surface area contributed by atoms with Crippen molar-refractivity contribution >= 4 is 17.3 Å². The van der Waals surface area contributed by atoms with Crippen LogP contribution in [-0.2, 0) is 0 Å². The first-order valence-electron chi connectivity index (χ1n) is 8.21. The van der Waals surface area contributed by atoms with E-state index in [2.05, 4.69) is 36.3 Å². The molecule has 1 aliphatic rings. The largest absolute Gasteiger partial charge is 0.354 e. The van der Waals surface area contributed by atoms with E-state index < -0.39 is 0 Å².